The summed E-state index contributed by atoms with van der Waals surface area (Å²) < 4.78 is 0.992. The van der Waals surface area contributed by atoms with Crippen LogP contribution in [0.2, 0.25) is 0 Å². The Hall–Kier alpha value is -1.60. The molecule has 3 N–H and O–H groups in total. The van der Waals surface area contributed by atoms with Crippen LogP contribution in [0.1, 0.15) is 26.2 Å². The Kier molecular flexibility index (Phi) is 8.21. The number of halogens is 1. The molecule has 1 aromatic carbocycles. The molecule has 0 bridgehead atoms. The lowest BCUT2D eigenvalue weighted by Crippen LogP contribution is -2.45. The fourth-order valence-electron chi connectivity index (χ4n) is 3.03. The summed E-state index contributed by atoms with van der Waals surface area (Å²) in [5.74, 6) is 0.734. The third-order valence-electron chi connectivity index (χ3n) is 4.41. The molecule has 1 saturated heterocycles. The lowest BCUT2D eigenvalue weighted by atomic mass is 10.2. The molecule has 6 nitrogen and oxygen atoms in total. The minimum Gasteiger partial charge on any atom is -0.356 e. The van der Waals surface area contributed by atoms with E-state index in [4.69, 9.17) is 0 Å². The molecule has 1 amide bonds. The summed E-state index contributed by atoms with van der Waals surface area (Å²) in [6.45, 7) is 5.91. The number of carbonyl (C=O) groups excluding carboxylic acids is 1. The maximum absolute atomic E-state index is 12.0. The van der Waals surface area contributed by atoms with Crippen molar-refractivity contribution in [3.05, 3.63) is 28.7 Å². The molecule has 0 radical (unpaired) electrons. The second kappa shape index (κ2) is 10.4. The molecule has 1 aliphatic rings. The molecule has 1 heterocycles. The molecule has 25 heavy (non-hydrogen) atoms. The predicted octanol–water partition coefficient (Wildman–Crippen LogP) is 2.43. The average Bonchev–Trinajstić information content (AvgIpc) is 3.07. The molecule has 2 rings (SSSR count). The molecule has 1 fully saturated rings. The van der Waals surface area contributed by atoms with Crippen molar-refractivity contribution in [2.45, 2.75) is 32.2 Å². The van der Waals surface area contributed by atoms with E-state index in [0.29, 0.717) is 19.0 Å². The number of anilines is 1. The van der Waals surface area contributed by atoms with E-state index < -0.39 is 0 Å². The Morgan fingerprint density at radius 2 is 2.08 bits per heavy atom. The topological polar surface area (TPSA) is 68.8 Å². The third kappa shape index (κ3) is 6.66. The highest BCUT2D eigenvalue weighted by Crippen LogP contribution is 2.15. The largest absolute Gasteiger partial charge is 0.356 e. The molecule has 0 spiro atoms. The Morgan fingerprint density at radius 1 is 1.32 bits per heavy atom. The fourth-order valence-corrected chi connectivity index (χ4v) is 3.29. The van der Waals surface area contributed by atoms with Gasteiger partial charge < -0.3 is 16.0 Å². The standard InChI is InChI=1S/C18H28BrN5O/c1-3-24-12-4-5-16(24)13-22-18(20-2)21-11-10-17(25)23-15-8-6-14(19)7-9-15/h6-9,16H,3-5,10-13H2,1-2H3,(H,23,25)(H2,20,21,22). The number of likely N-dealkylation sites (N-methyl/N-ethyl adjacent to an activating group) is 1. The maximum Gasteiger partial charge on any atom is 0.226 e. The zero-order valence-corrected chi connectivity index (χ0v) is 16.6. The van der Waals surface area contributed by atoms with E-state index in [1.807, 2.05) is 24.3 Å². The SMILES string of the molecule is CCN1CCCC1CNC(=NC)NCCC(=O)Nc1ccc(Br)cc1. The van der Waals surface area contributed by atoms with Gasteiger partial charge in [0.1, 0.15) is 0 Å². The molecule has 1 unspecified atom stereocenters. The highest BCUT2D eigenvalue weighted by molar-refractivity contribution is 9.10. The van der Waals surface area contributed by atoms with Crippen molar-refractivity contribution in [1.29, 1.82) is 0 Å². The lowest BCUT2D eigenvalue weighted by Gasteiger charge is -2.23. The van der Waals surface area contributed by atoms with E-state index in [2.05, 4.69) is 48.7 Å². The molecule has 0 aliphatic carbocycles. The quantitative estimate of drug-likeness (QED) is 0.477. The Labute approximate surface area is 158 Å². The molecule has 0 aromatic heterocycles. The van der Waals surface area contributed by atoms with Gasteiger partial charge in [-0.2, -0.15) is 0 Å². The summed E-state index contributed by atoms with van der Waals surface area (Å²) in [5.41, 5.74) is 0.802. The van der Waals surface area contributed by atoms with E-state index in [1.54, 1.807) is 7.05 Å². The van der Waals surface area contributed by atoms with E-state index in [9.17, 15) is 4.79 Å². The van der Waals surface area contributed by atoms with Gasteiger partial charge in [-0.3, -0.25) is 14.7 Å². The normalized spacial score (nSPS) is 18.2. The number of hydrogen-bond acceptors (Lipinski definition) is 3. The van der Waals surface area contributed by atoms with Crippen LogP contribution < -0.4 is 16.0 Å². The van der Waals surface area contributed by atoms with Gasteiger partial charge in [-0.25, -0.2) is 0 Å². The van der Waals surface area contributed by atoms with E-state index >= 15 is 0 Å². The van der Waals surface area contributed by atoms with Gasteiger partial charge in [0.15, 0.2) is 5.96 Å². The molecule has 1 atom stereocenters. The first-order chi connectivity index (χ1) is 12.1. The Morgan fingerprint density at radius 3 is 2.76 bits per heavy atom. The summed E-state index contributed by atoms with van der Waals surface area (Å²) in [4.78, 5) is 18.7. The van der Waals surface area contributed by atoms with Crippen molar-refractivity contribution in [3.63, 3.8) is 0 Å². The van der Waals surface area contributed by atoms with Crippen molar-refractivity contribution in [1.82, 2.24) is 15.5 Å². The minimum atomic E-state index is -0.0155. The van der Waals surface area contributed by atoms with Crippen LogP contribution in [0.4, 0.5) is 5.69 Å². The zero-order valence-electron chi connectivity index (χ0n) is 15.0. The van der Waals surface area contributed by atoms with Crippen LogP contribution >= 0.6 is 15.9 Å². The summed E-state index contributed by atoms with van der Waals surface area (Å²) in [5, 5.41) is 9.45. The number of amides is 1. The van der Waals surface area contributed by atoms with Gasteiger partial charge in [0.2, 0.25) is 5.91 Å². The predicted molar refractivity (Wildman–Crippen MR) is 107 cm³/mol. The summed E-state index contributed by atoms with van der Waals surface area (Å²) >= 11 is 3.38. The number of aliphatic imine (C=N–C) groups is 1. The fraction of sp³-hybridized carbons (Fsp3) is 0.556. The van der Waals surface area contributed by atoms with E-state index in [0.717, 1.165) is 29.2 Å². The number of guanidine groups is 1. The molecule has 1 aromatic rings. The van der Waals surface area contributed by atoms with Crippen LogP contribution in [0.25, 0.3) is 0 Å². The molecule has 1 aliphatic heterocycles. The average molecular weight is 410 g/mol. The second-order valence-corrected chi connectivity index (χ2v) is 7.03. The Balaban J connectivity index is 1.66. The molecule has 7 heteroatoms. The number of nitrogens with one attached hydrogen (secondary N) is 3. The van der Waals surface area contributed by atoms with Crippen LogP contribution in [0.5, 0.6) is 0 Å². The number of benzene rings is 1. The first-order valence-electron chi connectivity index (χ1n) is 8.86. The first kappa shape index (κ1) is 19.7. The minimum absolute atomic E-state index is 0.0155. The van der Waals surface area contributed by atoms with Gasteiger partial charge >= 0.3 is 0 Å². The molecular formula is C18H28BrN5O. The number of carbonyl (C=O) groups is 1. The highest BCUT2D eigenvalue weighted by atomic mass is 79.9. The van der Waals surface area contributed by atoms with Crippen molar-refractivity contribution in [2.24, 2.45) is 4.99 Å². The monoisotopic (exact) mass is 409 g/mol. The smallest absolute Gasteiger partial charge is 0.226 e. The maximum atomic E-state index is 12.0. The van der Waals surface area contributed by atoms with Crippen molar-refractivity contribution in [3.8, 4) is 0 Å². The molecule has 138 valence electrons. The van der Waals surface area contributed by atoms with Crippen LogP contribution in [0.3, 0.4) is 0 Å². The van der Waals surface area contributed by atoms with Crippen molar-refractivity contribution in [2.75, 3.05) is 38.5 Å². The van der Waals surface area contributed by atoms with Crippen LogP contribution in [0.15, 0.2) is 33.7 Å². The van der Waals surface area contributed by atoms with Gasteiger partial charge in [0.25, 0.3) is 0 Å². The third-order valence-corrected chi connectivity index (χ3v) is 4.94. The number of likely N-dealkylation sites (tertiary alicyclic amines) is 1. The van der Waals surface area contributed by atoms with Gasteiger partial charge in [0, 0.05) is 42.8 Å². The first-order valence-corrected chi connectivity index (χ1v) is 9.65. The second-order valence-electron chi connectivity index (χ2n) is 6.11. The zero-order chi connectivity index (χ0) is 18.1. The summed E-state index contributed by atoms with van der Waals surface area (Å²) in [7, 11) is 1.75. The summed E-state index contributed by atoms with van der Waals surface area (Å²) in [6, 6.07) is 8.13. The van der Waals surface area contributed by atoms with Crippen LogP contribution in [-0.4, -0.2) is 56.0 Å². The molecular weight excluding hydrogens is 382 g/mol. The van der Waals surface area contributed by atoms with Gasteiger partial charge in [0.05, 0.1) is 0 Å². The van der Waals surface area contributed by atoms with Gasteiger partial charge in [-0.05, 0) is 50.2 Å². The van der Waals surface area contributed by atoms with E-state index in [1.165, 1.54) is 19.4 Å². The van der Waals surface area contributed by atoms with Gasteiger partial charge in [-0.1, -0.05) is 22.9 Å². The summed E-state index contributed by atoms with van der Waals surface area (Å²) in [6.07, 6.45) is 2.89. The number of nitrogens with zero attached hydrogens (tertiary/aromatic N) is 2. The van der Waals surface area contributed by atoms with Crippen molar-refractivity contribution < 1.29 is 4.79 Å². The number of rotatable bonds is 7. The number of hydrogen-bond donors (Lipinski definition) is 3. The van der Waals surface area contributed by atoms with Crippen LogP contribution in [0, 0.1) is 0 Å². The highest BCUT2D eigenvalue weighted by Gasteiger charge is 2.22. The van der Waals surface area contributed by atoms with Crippen molar-refractivity contribution >= 4 is 33.5 Å². The van der Waals surface area contributed by atoms with Crippen LogP contribution in [-0.2, 0) is 4.79 Å². The molecule has 0 saturated carbocycles. The van der Waals surface area contributed by atoms with E-state index in [-0.39, 0.29) is 5.91 Å². The Bertz CT molecular complexity index is 575. The lowest BCUT2D eigenvalue weighted by molar-refractivity contribution is -0.116. The van der Waals surface area contributed by atoms with Gasteiger partial charge in [-0.15, -0.1) is 0 Å².